The number of hydrogen-bond donors (Lipinski definition) is 0. The van der Waals surface area contributed by atoms with Gasteiger partial charge >= 0.3 is 27.4 Å². The molecule has 0 saturated heterocycles. The van der Waals surface area contributed by atoms with Crippen molar-refractivity contribution in [1.82, 2.24) is 0 Å². The Balaban J connectivity index is 4.17. The summed E-state index contributed by atoms with van der Waals surface area (Å²) in [6.07, 6.45) is 1.88. The molecule has 1 rings (SSSR count). The van der Waals surface area contributed by atoms with Crippen LogP contribution in [0.5, 0.6) is 0 Å². The summed E-state index contributed by atoms with van der Waals surface area (Å²) in [6, 6.07) is 8.24. The molecule has 1 aromatic rings. The maximum absolute atomic E-state index is 7.34. The molecule has 1 aromatic carbocycles. The Morgan fingerprint density at radius 3 is 1.02 bits per heavy atom. The minimum atomic E-state index is -3.79. The van der Waals surface area contributed by atoms with E-state index in [1.165, 1.54) is 0 Å². The SMILES string of the molecule is C=Cc1ccccc1C(C)[Si](O[Si](O[Si](C)(C)C)(O[Si](C)(C)C)O[Si](C)(C)C)O[Si](O[Si](C)(C)C)(O[Si](C)(C)C)O[Si](C)(C)C. The molecule has 0 aromatic heterocycles. The van der Waals surface area contributed by atoms with Gasteiger partial charge in [-0.2, -0.15) is 0 Å². The van der Waals surface area contributed by atoms with Crippen LogP contribution in [0.2, 0.25) is 118 Å². The van der Waals surface area contributed by atoms with Crippen LogP contribution in [-0.4, -0.2) is 77.3 Å². The van der Waals surface area contributed by atoms with Crippen LogP contribution in [0.15, 0.2) is 30.8 Å². The zero-order valence-corrected chi connectivity index (χ0v) is 40.9. The van der Waals surface area contributed by atoms with Gasteiger partial charge in [-0.05, 0) is 129 Å². The highest BCUT2D eigenvalue weighted by atomic mass is 28.6. The van der Waals surface area contributed by atoms with Crippen molar-refractivity contribution in [3.63, 3.8) is 0 Å². The third kappa shape index (κ3) is 17.7. The molecule has 17 heteroatoms. The molecule has 1 radical (unpaired) electrons. The van der Waals surface area contributed by atoms with Crippen LogP contribution in [0.1, 0.15) is 23.6 Å². The third-order valence-electron chi connectivity index (χ3n) is 5.07. The number of rotatable bonds is 19. The Labute approximate surface area is 287 Å². The lowest BCUT2D eigenvalue weighted by molar-refractivity contribution is 0.108. The van der Waals surface area contributed by atoms with E-state index in [1.54, 1.807) is 0 Å². The van der Waals surface area contributed by atoms with Crippen LogP contribution in [0.4, 0.5) is 0 Å². The molecule has 0 aliphatic heterocycles. The van der Waals surface area contributed by atoms with E-state index in [0.29, 0.717) is 0 Å². The summed E-state index contributed by atoms with van der Waals surface area (Å²) in [5, 5.41) is 0. The van der Waals surface area contributed by atoms with Gasteiger partial charge in [0.2, 0.25) is 0 Å². The van der Waals surface area contributed by atoms with Crippen LogP contribution >= 0.6 is 0 Å². The molecule has 0 aliphatic carbocycles. The van der Waals surface area contributed by atoms with E-state index in [1.807, 2.05) is 18.2 Å². The highest BCUT2D eigenvalue weighted by Crippen LogP contribution is 2.35. The van der Waals surface area contributed by atoms with Crippen LogP contribution in [0.25, 0.3) is 6.08 Å². The third-order valence-corrected chi connectivity index (χ3v) is 30.4. The van der Waals surface area contributed by atoms with E-state index in [2.05, 4.69) is 143 Å². The Morgan fingerprint density at radius 1 is 0.511 bits per heavy atom. The van der Waals surface area contributed by atoms with E-state index < -0.39 is 77.3 Å². The average Bonchev–Trinajstić information content (AvgIpc) is 2.70. The summed E-state index contributed by atoms with van der Waals surface area (Å²) in [5.41, 5.74) is 1.88. The fourth-order valence-electron chi connectivity index (χ4n) is 4.16. The second-order valence-corrected chi connectivity index (χ2v) is 52.7. The molecule has 0 spiro atoms. The maximum Gasteiger partial charge on any atom is 0.638 e. The quantitative estimate of drug-likeness (QED) is 0.129. The van der Waals surface area contributed by atoms with Gasteiger partial charge in [0.25, 0.3) is 0 Å². The average molecular weight is 783 g/mol. The summed E-state index contributed by atoms with van der Waals surface area (Å²) in [7, 11) is -23.5. The van der Waals surface area contributed by atoms with Crippen molar-refractivity contribution < 1.29 is 32.9 Å². The van der Waals surface area contributed by atoms with Gasteiger partial charge in [-0.3, -0.25) is 0 Å². The van der Waals surface area contributed by atoms with Crippen molar-refractivity contribution in [3.8, 4) is 0 Å². The van der Waals surface area contributed by atoms with Crippen molar-refractivity contribution in [1.29, 1.82) is 0 Å². The van der Waals surface area contributed by atoms with Gasteiger partial charge in [-0.15, -0.1) is 0 Å². The minimum absolute atomic E-state index is 0.204. The zero-order valence-electron chi connectivity index (χ0n) is 31.9. The lowest BCUT2D eigenvalue weighted by atomic mass is 10.1. The molecule has 45 heavy (non-hydrogen) atoms. The van der Waals surface area contributed by atoms with Crippen LogP contribution in [0.3, 0.4) is 0 Å². The fraction of sp³-hybridized carbons (Fsp3) is 0.714. The first-order chi connectivity index (χ1) is 19.8. The molecular weight excluding hydrogens is 717 g/mol. The summed E-state index contributed by atoms with van der Waals surface area (Å²) in [4.78, 5) is 0. The van der Waals surface area contributed by atoms with Gasteiger partial charge in [-0.25, -0.2) is 0 Å². The minimum Gasteiger partial charge on any atom is -0.396 e. The lowest BCUT2D eigenvalue weighted by Crippen LogP contribution is -2.68. The van der Waals surface area contributed by atoms with Gasteiger partial charge in [-0.1, -0.05) is 43.8 Å². The molecule has 0 N–H and O–H groups in total. The maximum atomic E-state index is 7.34. The first-order valence-electron chi connectivity index (χ1n) is 15.9. The summed E-state index contributed by atoms with van der Waals surface area (Å²) >= 11 is 0. The smallest absolute Gasteiger partial charge is 0.396 e. The van der Waals surface area contributed by atoms with E-state index >= 15 is 0 Å². The van der Waals surface area contributed by atoms with E-state index in [-0.39, 0.29) is 5.54 Å². The number of benzene rings is 1. The number of hydrogen-bond acceptors (Lipinski definition) is 8. The van der Waals surface area contributed by atoms with Crippen molar-refractivity contribution >= 4 is 83.4 Å². The molecule has 0 bridgehead atoms. The Morgan fingerprint density at radius 2 is 0.778 bits per heavy atom. The van der Waals surface area contributed by atoms with Crippen molar-refractivity contribution in [2.24, 2.45) is 0 Å². The largest absolute Gasteiger partial charge is 0.638 e. The predicted octanol–water partition coefficient (Wildman–Crippen LogP) is 9.47. The summed E-state index contributed by atoms with van der Waals surface area (Å²) < 4.78 is 56.6. The van der Waals surface area contributed by atoms with Crippen molar-refractivity contribution in [3.05, 3.63) is 42.0 Å². The standard InChI is InChI=1S/C28H65O8Si9/c1-21-27-24-22-23-25-28(27)26(2)37(29-44(31-38(3,4)5,32-39(6,7)8)33-40(9,10)11)30-45(34-41(12,13)14,35-42(15,16)17)36-43(18,19)20/h21-26H,1H2,2-20H3. The van der Waals surface area contributed by atoms with Crippen LogP contribution < -0.4 is 0 Å². The van der Waals surface area contributed by atoms with Gasteiger partial charge in [0.05, 0.1) is 0 Å². The first kappa shape index (κ1) is 43.6. The molecular formula is C28H65O8Si9. The Kier molecular flexibility index (Phi) is 15.2. The molecule has 0 fully saturated rings. The van der Waals surface area contributed by atoms with E-state index in [9.17, 15) is 0 Å². The van der Waals surface area contributed by atoms with E-state index in [4.69, 9.17) is 32.9 Å². The zero-order chi connectivity index (χ0) is 35.5. The van der Waals surface area contributed by atoms with Gasteiger partial charge in [0.1, 0.15) is 0 Å². The Hall–Kier alpha value is 0.592. The van der Waals surface area contributed by atoms with Gasteiger partial charge < -0.3 is 32.9 Å². The van der Waals surface area contributed by atoms with Gasteiger partial charge in [0, 0.05) is 5.54 Å². The highest BCUT2D eigenvalue weighted by Gasteiger charge is 2.61. The van der Waals surface area contributed by atoms with Crippen molar-refractivity contribution in [2.75, 3.05) is 0 Å². The summed E-state index contributed by atoms with van der Waals surface area (Å²) in [5.74, 6) is 0. The lowest BCUT2D eigenvalue weighted by Gasteiger charge is -2.45. The molecule has 0 heterocycles. The molecule has 0 amide bonds. The fourth-order valence-corrected chi connectivity index (χ4v) is 33.1. The van der Waals surface area contributed by atoms with Crippen LogP contribution in [0, 0.1) is 0 Å². The summed E-state index contributed by atoms with van der Waals surface area (Å²) in [6.45, 7) is 45.0. The monoisotopic (exact) mass is 781 g/mol. The first-order valence-corrected chi connectivity index (χ1v) is 41.1. The van der Waals surface area contributed by atoms with Crippen LogP contribution in [-0.2, 0) is 32.9 Å². The van der Waals surface area contributed by atoms with Gasteiger partial charge in [0.15, 0.2) is 49.9 Å². The van der Waals surface area contributed by atoms with Crippen molar-refractivity contribution in [2.45, 2.75) is 130 Å². The molecule has 1 unspecified atom stereocenters. The second-order valence-electron chi connectivity index (χ2n) is 17.4. The molecule has 1 atom stereocenters. The Bertz CT molecular complexity index is 958. The predicted molar refractivity (Wildman–Crippen MR) is 211 cm³/mol. The molecule has 0 saturated carbocycles. The molecule has 8 nitrogen and oxygen atoms in total. The normalized spacial score (nSPS) is 15.5. The molecule has 0 aliphatic rings. The highest BCUT2D eigenvalue weighted by molar-refractivity contribution is 6.92. The van der Waals surface area contributed by atoms with E-state index in [0.717, 1.165) is 11.1 Å². The molecule has 261 valence electrons. The topological polar surface area (TPSA) is 73.8 Å². The second kappa shape index (κ2) is 15.6.